The normalized spacial score (nSPS) is 16.1. The van der Waals surface area contributed by atoms with E-state index in [9.17, 15) is 9.59 Å². The third-order valence-electron chi connectivity index (χ3n) is 5.57. The van der Waals surface area contributed by atoms with Gasteiger partial charge in [0.1, 0.15) is 5.75 Å². The Hall–Kier alpha value is -3.64. The van der Waals surface area contributed by atoms with Crippen molar-refractivity contribution in [1.82, 2.24) is 5.32 Å². The highest BCUT2D eigenvalue weighted by Crippen LogP contribution is 2.23. The molecule has 2 atom stereocenters. The van der Waals surface area contributed by atoms with Gasteiger partial charge in [0.2, 0.25) is 0 Å². The van der Waals surface area contributed by atoms with Gasteiger partial charge in [0.05, 0.1) is 6.10 Å². The van der Waals surface area contributed by atoms with Crippen molar-refractivity contribution in [2.24, 2.45) is 0 Å². The molecule has 1 fully saturated rings. The van der Waals surface area contributed by atoms with E-state index < -0.39 is 6.10 Å². The zero-order valence-corrected chi connectivity index (χ0v) is 18.6. The summed E-state index contributed by atoms with van der Waals surface area (Å²) < 4.78 is 11.3. The Kier molecular flexibility index (Phi) is 7.37. The van der Waals surface area contributed by atoms with Crippen molar-refractivity contribution >= 4 is 17.5 Å². The van der Waals surface area contributed by atoms with Crippen molar-refractivity contribution in [3.05, 3.63) is 84.4 Å². The highest BCUT2D eigenvalue weighted by molar-refractivity contribution is 5.96. The highest BCUT2D eigenvalue weighted by Gasteiger charge is 2.17. The van der Waals surface area contributed by atoms with Gasteiger partial charge in [-0.25, -0.2) is 0 Å². The molecule has 0 aromatic heterocycles. The molecule has 0 spiro atoms. The molecular formula is C27H28N2O4. The first kappa shape index (κ1) is 22.6. The lowest BCUT2D eigenvalue weighted by molar-refractivity contribution is -0.122. The van der Waals surface area contributed by atoms with Gasteiger partial charge in [0.25, 0.3) is 11.8 Å². The summed E-state index contributed by atoms with van der Waals surface area (Å²) in [6.07, 6.45) is 1.43. The standard InChI is InChI=1S/C27H28N2O4/c1-19(33-24-15-11-21(12-16-24)20-6-3-2-4-7-20)26(30)29-23-13-9-22(10-14-23)27(31)28-18-25-8-5-17-32-25/h2-4,6-7,9-16,19,25H,5,8,17-18H2,1H3,(H,28,31)(H,29,30). The summed E-state index contributed by atoms with van der Waals surface area (Å²) in [5.41, 5.74) is 3.35. The molecule has 1 heterocycles. The minimum atomic E-state index is -0.679. The van der Waals surface area contributed by atoms with Gasteiger partial charge in [-0.1, -0.05) is 42.5 Å². The number of carbonyl (C=O) groups is 2. The van der Waals surface area contributed by atoms with Gasteiger partial charge in [-0.2, -0.15) is 0 Å². The van der Waals surface area contributed by atoms with Crippen LogP contribution in [0.4, 0.5) is 5.69 Å². The number of benzene rings is 3. The summed E-state index contributed by atoms with van der Waals surface area (Å²) in [7, 11) is 0. The first-order valence-electron chi connectivity index (χ1n) is 11.2. The summed E-state index contributed by atoms with van der Waals surface area (Å²) in [5, 5.41) is 5.72. The lowest BCUT2D eigenvalue weighted by atomic mass is 10.1. The Bertz CT molecular complexity index is 1060. The molecule has 2 amide bonds. The quantitative estimate of drug-likeness (QED) is 0.529. The molecule has 170 valence electrons. The zero-order valence-electron chi connectivity index (χ0n) is 18.6. The van der Waals surface area contributed by atoms with Gasteiger partial charge in [-0.15, -0.1) is 0 Å². The number of carbonyl (C=O) groups excluding carboxylic acids is 2. The molecule has 6 nitrogen and oxygen atoms in total. The summed E-state index contributed by atoms with van der Waals surface area (Å²) in [6, 6.07) is 24.5. The van der Waals surface area contributed by atoms with E-state index in [2.05, 4.69) is 10.6 Å². The molecule has 33 heavy (non-hydrogen) atoms. The molecule has 1 aliphatic heterocycles. The second kappa shape index (κ2) is 10.8. The molecule has 0 saturated carbocycles. The van der Waals surface area contributed by atoms with E-state index in [0.717, 1.165) is 30.6 Å². The molecule has 4 rings (SSSR count). The van der Waals surface area contributed by atoms with Crippen molar-refractivity contribution in [3.63, 3.8) is 0 Å². The molecule has 6 heteroatoms. The molecule has 3 aromatic rings. The molecular weight excluding hydrogens is 416 g/mol. The number of hydrogen-bond donors (Lipinski definition) is 2. The maximum absolute atomic E-state index is 12.5. The van der Waals surface area contributed by atoms with E-state index in [-0.39, 0.29) is 17.9 Å². The van der Waals surface area contributed by atoms with E-state index in [4.69, 9.17) is 9.47 Å². The molecule has 0 radical (unpaired) electrons. The number of rotatable bonds is 8. The Balaban J connectivity index is 1.27. The van der Waals surface area contributed by atoms with Crippen molar-refractivity contribution in [2.45, 2.75) is 32.0 Å². The highest BCUT2D eigenvalue weighted by atomic mass is 16.5. The van der Waals surface area contributed by atoms with E-state index in [1.165, 1.54) is 0 Å². The summed E-state index contributed by atoms with van der Waals surface area (Å²) in [4.78, 5) is 24.8. The topological polar surface area (TPSA) is 76.7 Å². The monoisotopic (exact) mass is 444 g/mol. The van der Waals surface area contributed by atoms with Crippen molar-refractivity contribution in [2.75, 3.05) is 18.5 Å². The molecule has 2 unspecified atom stereocenters. The Morgan fingerprint density at radius 1 is 0.970 bits per heavy atom. The van der Waals surface area contributed by atoms with Gasteiger partial charge in [0, 0.05) is 24.4 Å². The van der Waals surface area contributed by atoms with Crippen LogP contribution >= 0.6 is 0 Å². The van der Waals surface area contributed by atoms with Crippen LogP contribution in [0.2, 0.25) is 0 Å². The van der Waals surface area contributed by atoms with Crippen LogP contribution in [-0.2, 0) is 9.53 Å². The zero-order chi connectivity index (χ0) is 23.0. The Labute approximate surface area is 193 Å². The molecule has 3 aromatic carbocycles. The van der Waals surface area contributed by atoms with Gasteiger partial charge < -0.3 is 20.1 Å². The van der Waals surface area contributed by atoms with E-state index in [1.54, 1.807) is 31.2 Å². The van der Waals surface area contributed by atoms with Gasteiger partial charge in [0.15, 0.2) is 6.10 Å². The Morgan fingerprint density at radius 3 is 2.33 bits per heavy atom. The van der Waals surface area contributed by atoms with Gasteiger partial charge >= 0.3 is 0 Å². The predicted octanol–water partition coefficient (Wildman–Crippen LogP) is 4.67. The third kappa shape index (κ3) is 6.20. The van der Waals surface area contributed by atoms with Crippen molar-refractivity contribution in [1.29, 1.82) is 0 Å². The molecule has 0 bridgehead atoms. The van der Waals surface area contributed by atoms with Crippen LogP contribution in [-0.4, -0.2) is 37.2 Å². The summed E-state index contributed by atoms with van der Waals surface area (Å²) in [5.74, 6) is 0.201. The lowest BCUT2D eigenvalue weighted by Crippen LogP contribution is -2.32. The number of anilines is 1. The number of hydrogen-bond acceptors (Lipinski definition) is 4. The molecule has 1 aliphatic rings. The lowest BCUT2D eigenvalue weighted by Gasteiger charge is -2.15. The maximum atomic E-state index is 12.5. The van der Waals surface area contributed by atoms with Crippen LogP contribution in [0.1, 0.15) is 30.1 Å². The van der Waals surface area contributed by atoms with Crippen LogP contribution in [0.15, 0.2) is 78.9 Å². The van der Waals surface area contributed by atoms with E-state index in [0.29, 0.717) is 23.5 Å². The first-order valence-corrected chi connectivity index (χ1v) is 11.2. The average Bonchev–Trinajstić information content (AvgIpc) is 3.38. The maximum Gasteiger partial charge on any atom is 0.265 e. The number of nitrogens with one attached hydrogen (secondary N) is 2. The summed E-state index contributed by atoms with van der Waals surface area (Å²) >= 11 is 0. The van der Waals surface area contributed by atoms with E-state index >= 15 is 0 Å². The molecule has 2 N–H and O–H groups in total. The fraction of sp³-hybridized carbons (Fsp3) is 0.259. The molecule has 1 saturated heterocycles. The fourth-order valence-electron chi connectivity index (χ4n) is 3.68. The van der Waals surface area contributed by atoms with Crippen molar-refractivity contribution < 1.29 is 19.1 Å². The van der Waals surface area contributed by atoms with Crippen LogP contribution < -0.4 is 15.4 Å². The first-order chi connectivity index (χ1) is 16.1. The van der Waals surface area contributed by atoms with Crippen LogP contribution in [0.3, 0.4) is 0 Å². The fourth-order valence-corrected chi connectivity index (χ4v) is 3.68. The van der Waals surface area contributed by atoms with E-state index in [1.807, 2.05) is 54.6 Å². The second-order valence-corrected chi connectivity index (χ2v) is 8.06. The predicted molar refractivity (Wildman–Crippen MR) is 128 cm³/mol. The SMILES string of the molecule is CC(Oc1ccc(-c2ccccc2)cc1)C(=O)Nc1ccc(C(=O)NCC2CCCO2)cc1. The molecule has 0 aliphatic carbocycles. The third-order valence-corrected chi connectivity index (χ3v) is 5.57. The Morgan fingerprint density at radius 2 is 1.67 bits per heavy atom. The minimum absolute atomic E-state index is 0.101. The smallest absolute Gasteiger partial charge is 0.265 e. The number of ether oxygens (including phenoxy) is 2. The van der Waals surface area contributed by atoms with Crippen LogP contribution in [0, 0.1) is 0 Å². The van der Waals surface area contributed by atoms with Crippen LogP contribution in [0.5, 0.6) is 5.75 Å². The van der Waals surface area contributed by atoms with Gasteiger partial charge in [-0.3, -0.25) is 9.59 Å². The minimum Gasteiger partial charge on any atom is -0.481 e. The van der Waals surface area contributed by atoms with Crippen LogP contribution in [0.25, 0.3) is 11.1 Å². The largest absolute Gasteiger partial charge is 0.481 e. The average molecular weight is 445 g/mol. The summed E-state index contributed by atoms with van der Waals surface area (Å²) in [6.45, 7) is 2.97. The van der Waals surface area contributed by atoms with Gasteiger partial charge in [-0.05, 0) is 67.3 Å². The second-order valence-electron chi connectivity index (χ2n) is 8.06. The van der Waals surface area contributed by atoms with Crippen molar-refractivity contribution in [3.8, 4) is 16.9 Å². The number of amides is 2.